The molecule has 2 aromatic carbocycles. The highest BCUT2D eigenvalue weighted by molar-refractivity contribution is 6.13. The van der Waals surface area contributed by atoms with Gasteiger partial charge in [-0.3, -0.25) is 0 Å². The maximum absolute atomic E-state index is 12.7. The summed E-state index contributed by atoms with van der Waals surface area (Å²) in [6, 6.07) is 13.8. The van der Waals surface area contributed by atoms with Crippen LogP contribution in [-0.2, 0) is 0 Å². The van der Waals surface area contributed by atoms with E-state index in [9.17, 15) is 13.2 Å². The molecule has 2 rings (SSSR count). The van der Waals surface area contributed by atoms with Crippen LogP contribution in [0.15, 0.2) is 53.5 Å². The molecule has 0 fully saturated rings. The molecule has 0 aromatic heterocycles. The molecule has 0 amide bonds. The van der Waals surface area contributed by atoms with Gasteiger partial charge in [-0.25, -0.2) is 0 Å². The third kappa shape index (κ3) is 3.70. The lowest BCUT2D eigenvalue weighted by Crippen LogP contribution is -2.12. The van der Waals surface area contributed by atoms with E-state index in [0.717, 1.165) is 11.1 Å². The zero-order valence-corrected chi connectivity index (χ0v) is 11.2. The van der Waals surface area contributed by atoms with E-state index in [1.807, 2.05) is 26.0 Å². The van der Waals surface area contributed by atoms with Gasteiger partial charge in [0.1, 0.15) is 0 Å². The van der Waals surface area contributed by atoms with Gasteiger partial charge in [0.25, 0.3) is 0 Å². The van der Waals surface area contributed by atoms with Crippen LogP contribution in [0.3, 0.4) is 0 Å². The largest absolute Gasteiger partial charge is 0.503 e. The lowest BCUT2D eigenvalue weighted by Gasteiger charge is -2.10. The maximum atomic E-state index is 12.7. The van der Waals surface area contributed by atoms with Crippen LogP contribution in [0, 0.1) is 13.8 Å². The Morgan fingerprint density at radius 2 is 1.30 bits per heavy atom. The van der Waals surface area contributed by atoms with Crippen LogP contribution in [-0.4, -0.2) is 12.0 Å². The fraction of sp³-hybridized carbons (Fsp3) is 0.188. The molecule has 0 radical (unpaired) electrons. The SMILES string of the molecule is Cc1cccc(C(=NC(F)(F)F)c2cccc(C)c2)c1. The molecule has 1 nitrogen and oxygen atoms in total. The summed E-state index contributed by atoms with van der Waals surface area (Å²) in [5.74, 6) is 0. The van der Waals surface area contributed by atoms with Gasteiger partial charge in [0.2, 0.25) is 0 Å². The molecule has 0 atom stereocenters. The average molecular weight is 277 g/mol. The van der Waals surface area contributed by atoms with Gasteiger partial charge in [-0.05, 0) is 26.0 Å². The first kappa shape index (κ1) is 14.3. The van der Waals surface area contributed by atoms with Crippen molar-refractivity contribution >= 4 is 5.71 Å². The molecule has 2 aromatic rings. The van der Waals surface area contributed by atoms with E-state index < -0.39 is 6.30 Å². The van der Waals surface area contributed by atoms with Gasteiger partial charge in [-0.1, -0.05) is 47.5 Å². The van der Waals surface area contributed by atoms with Crippen molar-refractivity contribution in [1.29, 1.82) is 0 Å². The number of aryl methyl sites for hydroxylation is 2. The van der Waals surface area contributed by atoms with Gasteiger partial charge >= 0.3 is 6.30 Å². The standard InChI is InChI=1S/C16H14F3N/c1-11-5-3-7-13(9-11)15(20-16(17,18)19)14-8-4-6-12(2)10-14/h3-10H,1-2H3. The third-order valence-electron chi connectivity index (χ3n) is 2.82. The van der Waals surface area contributed by atoms with Crippen LogP contribution in [0.25, 0.3) is 0 Å². The minimum absolute atomic E-state index is 0.0510. The molecule has 0 saturated carbocycles. The Kier molecular flexibility index (Phi) is 3.93. The Hall–Kier alpha value is -2.10. The predicted molar refractivity (Wildman–Crippen MR) is 74.1 cm³/mol. The quantitative estimate of drug-likeness (QED) is 0.559. The van der Waals surface area contributed by atoms with Crippen molar-refractivity contribution < 1.29 is 13.2 Å². The van der Waals surface area contributed by atoms with E-state index in [1.165, 1.54) is 0 Å². The summed E-state index contributed by atoms with van der Waals surface area (Å²) < 4.78 is 38.1. The first-order chi connectivity index (χ1) is 9.35. The number of hydrogen-bond donors (Lipinski definition) is 0. The van der Waals surface area contributed by atoms with Crippen LogP contribution >= 0.6 is 0 Å². The van der Waals surface area contributed by atoms with Gasteiger partial charge in [0.05, 0.1) is 5.71 Å². The number of aliphatic imine (C=N–C) groups is 1. The van der Waals surface area contributed by atoms with E-state index in [-0.39, 0.29) is 5.71 Å². The second kappa shape index (κ2) is 5.49. The Labute approximate surface area is 115 Å². The summed E-state index contributed by atoms with van der Waals surface area (Å²) in [6.07, 6.45) is -4.59. The number of hydrogen-bond acceptors (Lipinski definition) is 1. The molecule has 0 unspecified atom stereocenters. The number of alkyl halides is 3. The summed E-state index contributed by atoms with van der Waals surface area (Å²) in [5.41, 5.74) is 2.67. The molecule has 0 saturated heterocycles. The Morgan fingerprint density at radius 1 is 0.850 bits per heavy atom. The molecule has 104 valence electrons. The molecule has 0 N–H and O–H groups in total. The van der Waals surface area contributed by atoms with Crippen LogP contribution in [0.2, 0.25) is 0 Å². The molecule has 0 aliphatic heterocycles. The lowest BCUT2D eigenvalue weighted by molar-refractivity contribution is -0.119. The molecule has 0 bridgehead atoms. The fourth-order valence-corrected chi connectivity index (χ4v) is 2.01. The Balaban J connectivity index is 2.60. The molecule has 0 heterocycles. The zero-order chi connectivity index (χ0) is 14.8. The van der Waals surface area contributed by atoms with Crippen molar-refractivity contribution in [2.75, 3.05) is 0 Å². The minimum Gasteiger partial charge on any atom is -0.183 e. The van der Waals surface area contributed by atoms with Crippen molar-refractivity contribution in [1.82, 2.24) is 0 Å². The zero-order valence-electron chi connectivity index (χ0n) is 11.2. The highest BCUT2D eigenvalue weighted by Crippen LogP contribution is 2.22. The Bertz CT molecular complexity index is 595. The summed E-state index contributed by atoms with van der Waals surface area (Å²) >= 11 is 0. The van der Waals surface area contributed by atoms with Crippen molar-refractivity contribution in [3.63, 3.8) is 0 Å². The monoisotopic (exact) mass is 277 g/mol. The number of benzene rings is 2. The molecular formula is C16H14F3N. The molecule has 0 aliphatic rings. The topological polar surface area (TPSA) is 12.4 Å². The van der Waals surface area contributed by atoms with Crippen molar-refractivity contribution in [3.05, 3.63) is 70.8 Å². The van der Waals surface area contributed by atoms with Crippen LogP contribution in [0.5, 0.6) is 0 Å². The number of nitrogens with zero attached hydrogens (tertiary/aromatic N) is 1. The number of halogens is 3. The van der Waals surface area contributed by atoms with E-state index in [0.29, 0.717) is 11.1 Å². The smallest absolute Gasteiger partial charge is 0.183 e. The molecule has 0 aliphatic carbocycles. The summed E-state index contributed by atoms with van der Waals surface area (Å²) in [5, 5.41) is 0. The molecule has 4 heteroatoms. The Morgan fingerprint density at radius 3 is 1.65 bits per heavy atom. The summed E-state index contributed by atoms with van der Waals surface area (Å²) in [4.78, 5) is 2.95. The first-order valence-electron chi connectivity index (χ1n) is 6.16. The van der Waals surface area contributed by atoms with Gasteiger partial charge in [0.15, 0.2) is 0 Å². The maximum Gasteiger partial charge on any atom is 0.503 e. The van der Waals surface area contributed by atoms with E-state index >= 15 is 0 Å². The first-order valence-corrected chi connectivity index (χ1v) is 6.16. The highest BCUT2D eigenvalue weighted by atomic mass is 19.4. The lowest BCUT2D eigenvalue weighted by atomic mass is 9.99. The normalized spacial score (nSPS) is 11.2. The minimum atomic E-state index is -4.59. The molecule has 20 heavy (non-hydrogen) atoms. The predicted octanol–water partition coefficient (Wildman–Crippen LogP) is 4.66. The second-order valence-electron chi connectivity index (χ2n) is 4.67. The summed E-state index contributed by atoms with van der Waals surface area (Å²) in [7, 11) is 0. The van der Waals surface area contributed by atoms with Crippen LogP contribution in [0.4, 0.5) is 13.2 Å². The van der Waals surface area contributed by atoms with E-state index in [1.54, 1.807) is 36.4 Å². The van der Waals surface area contributed by atoms with E-state index in [4.69, 9.17) is 0 Å². The van der Waals surface area contributed by atoms with Crippen molar-refractivity contribution in [2.45, 2.75) is 20.1 Å². The number of rotatable bonds is 2. The van der Waals surface area contributed by atoms with Gasteiger partial charge in [-0.2, -0.15) is 4.99 Å². The average Bonchev–Trinajstić information content (AvgIpc) is 2.35. The molecule has 0 spiro atoms. The van der Waals surface area contributed by atoms with Crippen molar-refractivity contribution in [2.24, 2.45) is 4.99 Å². The van der Waals surface area contributed by atoms with Crippen molar-refractivity contribution in [3.8, 4) is 0 Å². The van der Waals surface area contributed by atoms with Gasteiger partial charge < -0.3 is 0 Å². The summed E-state index contributed by atoms with van der Waals surface area (Å²) in [6.45, 7) is 3.68. The molecular weight excluding hydrogens is 263 g/mol. The van der Waals surface area contributed by atoms with Crippen LogP contribution in [0.1, 0.15) is 22.3 Å². The van der Waals surface area contributed by atoms with E-state index in [2.05, 4.69) is 4.99 Å². The van der Waals surface area contributed by atoms with Crippen LogP contribution < -0.4 is 0 Å². The highest BCUT2D eigenvalue weighted by Gasteiger charge is 2.28. The van der Waals surface area contributed by atoms with Gasteiger partial charge in [-0.15, -0.1) is 13.2 Å². The van der Waals surface area contributed by atoms with Gasteiger partial charge in [0, 0.05) is 11.1 Å². The fourth-order valence-electron chi connectivity index (χ4n) is 2.01. The second-order valence-corrected chi connectivity index (χ2v) is 4.67. The third-order valence-corrected chi connectivity index (χ3v) is 2.82.